The van der Waals surface area contributed by atoms with Crippen molar-refractivity contribution >= 4 is 23.8 Å². The molecule has 1 unspecified atom stereocenters. The van der Waals surface area contributed by atoms with E-state index in [4.69, 9.17) is 10.8 Å². The fraction of sp³-hybridized carbons (Fsp3) is 0.130. The minimum absolute atomic E-state index is 0.181. The molecule has 0 bridgehead atoms. The molecular formula is C23H22N2O3S. The van der Waals surface area contributed by atoms with Crippen molar-refractivity contribution in [3.63, 3.8) is 0 Å². The molecule has 0 aromatic heterocycles. The molecule has 3 aromatic carbocycles. The van der Waals surface area contributed by atoms with E-state index in [1.54, 1.807) is 0 Å². The Labute approximate surface area is 174 Å². The average Bonchev–Trinajstić information content (AvgIpc) is 2.75. The molecule has 0 aliphatic heterocycles. The van der Waals surface area contributed by atoms with Crippen molar-refractivity contribution in [1.82, 2.24) is 5.32 Å². The van der Waals surface area contributed by atoms with E-state index in [9.17, 15) is 9.59 Å². The van der Waals surface area contributed by atoms with Gasteiger partial charge < -0.3 is 16.2 Å². The van der Waals surface area contributed by atoms with Gasteiger partial charge in [0, 0.05) is 5.75 Å². The van der Waals surface area contributed by atoms with Gasteiger partial charge in [-0.1, -0.05) is 91.0 Å². The van der Waals surface area contributed by atoms with Crippen molar-refractivity contribution in [3.05, 3.63) is 108 Å². The minimum atomic E-state index is -1.28. The summed E-state index contributed by atoms with van der Waals surface area (Å²) in [7, 11) is 0. The Balaban J connectivity index is 2.14. The van der Waals surface area contributed by atoms with Crippen LogP contribution in [0.2, 0.25) is 0 Å². The van der Waals surface area contributed by atoms with Gasteiger partial charge in [0.1, 0.15) is 6.04 Å². The molecule has 1 atom stereocenters. The van der Waals surface area contributed by atoms with E-state index in [2.05, 4.69) is 5.32 Å². The number of nitrogens with one attached hydrogen (secondary N) is 1. The van der Waals surface area contributed by atoms with E-state index < -0.39 is 22.8 Å². The predicted octanol–water partition coefficient (Wildman–Crippen LogP) is 3.83. The lowest BCUT2D eigenvalue weighted by molar-refractivity contribution is -0.119. The van der Waals surface area contributed by atoms with Gasteiger partial charge >= 0.3 is 6.09 Å². The van der Waals surface area contributed by atoms with Crippen LogP contribution in [0.5, 0.6) is 0 Å². The highest BCUT2D eigenvalue weighted by molar-refractivity contribution is 8.00. The number of nitrogens with two attached hydrogens (primary N) is 1. The van der Waals surface area contributed by atoms with E-state index >= 15 is 0 Å². The molecule has 5 nitrogen and oxygen atoms in total. The Morgan fingerprint density at radius 2 is 1.21 bits per heavy atom. The summed E-state index contributed by atoms with van der Waals surface area (Å²) >= 11 is 1.48. The molecule has 0 fully saturated rings. The van der Waals surface area contributed by atoms with Gasteiger partial charge in [-0.25, -0.2) is 4.79 Å². The molecule has 3 rings (SSSR count). The number of carbonyl (C=O) groups is 2. The zero-order valence-electron chi connectivity index (χ0n) is 15.7. The van der Waals surface area contributed by atoms with Gasteiger partial charge in [0.25, 0.3) is 0 Å². The maximum atomic E-state index is 11.8. The lowest BCUT2D eigenvalue weighted by Gasteiger charge is -2.36. The Kier molecular flexibility index (Phi) is 6.57. The van der Waals surface area contributed by atoms with Crippen LogP contribution >= 0.6 is 11.8 Å². The summed E-state index contributed by atoms with van der Waals surface area (Å²) in [5.41, 5.74) is 8.54. The highest BCUT2D eigenvalue weighted by Gasteiger charge is 2.38. The summed E-state index contributed by atoms with van der Waals surface area (Å²) in [6.45, 7) is 0. The summed E-state index contributed by atoms with van der Waals surface area (Å²) in [5.74, 6) is -0.525. The summed E-state index contributed by atoms with van der Waals surface area (Å²) < 4.78 is -0.641. The second kappa shape index (κ2) is 9.30. The first-order valence-electron chi connectivity index (χ1n) is 9.13. The third-order valence-electron chi connectivity index (χ3n) is 4.65. The van der Waals surface area contributed by atoms with Crippen LogP contribution in [0, 0.1) is 0 Å². The number of primary amides is 1. The van der Waals surface area contributed by atoms with Crippen molar-refractivity contribution in [2.75, 3.05) is 5.75 Å². The van der Waals surface area contributed by atoms with Crippen LogP contribution in [0.15, 0.2) is 91.0 Å². The summed E-state index contributed by atoms with van der Waals surface area (Å²) in [4.78, 5) is 23.0. The molecule has 6 heteroatoms. The number of carboxylic acid groups (broad SMARTS) is 1. The molecule has 0 saturated carbocycles. The first-order valence-corrected chi connectivity index (χ1v) is 10.1. The topological polar surface area (TPSA) is 92.4 Å². The van der Waals surface area contributed by atoms with Crippen molar-refractivity contribution < 1.29 is 14.7 Å². The Bertz CT molecular complexity index is 853. The van der Waals surface area contributed by atoms with E-state index in [0.29, 0.717) is 0 Å². The molecule has 148 valence electrons. The van der Waals surface area contributed by atoms with Crippen LogP contribution in [0.25, 0.3) is 0 Å². The van der Waals surface area contributed by atoms with Gasteiger partial charge in [0.05, 0.1) is 4.75 Å². The molecule has 0 heterocycles. The van der Waals surface area contributed by atoms with Crippen molar-refractivity contribution in [2.24, 2.45) is 5.73 Å². The van der Waals surface area contributed by atoms with E-state index in [0.717, 1.165) is 16.7 Å². The second-order valence-electron chi connectivity index (χ2n) is 6.49. The lowest BCUT2D eigenvalue weighted by Crippen LogP contribution is -2.46. The number of hydrogen-bond acceptors (Lipinski definition) is 3. The van der Waals surface area contributed by atoms with Crippen molar-refractivity contribution in [1.29, 1.82) is 0 Å². The molecule has 3 aromatic rings. The molecule has 0 aliphatic rings. The quantitative estimate of drug-likeness (QED) is 0.496. The van der Waals surface area contributed by atoms with Gasteiger partial charge in [-0.15, -0.1) is 11.8 Å². The Morgan fingerprint density at radius 3 is 1.52 bits per heavy atom. The molecule has 0 spiro atoms. The maximum absolute atomic E-state index is 11.8. The van der Waals surface area contributed by atoms with Gasteiger partial charge in [-0.2, -0.15) is 0 Å². The minimum Gasteiger partial charge on any atom is -0.465 e. The number of rotatable bonds is 8. The Hall–Kier alpha value is -3.25. The van der Waals surface area contributed by atoms with Crippen LogP contribution in [-0.2, 0) is 9.54 Å². The van der Waals surface area contributed by atoms with Crippen LogP contribution in [0.1, 0.15) is 16.7 Å². The van der Waals surface area contributed by atoms with Gasteiger partial charge in [-0.3, -0.25) is 4.79 Å². The van der Waals surface area contributed by atoms with Crippen molar-refractivity contribution in [3.8, 4) is 0 Å². The molecule has 0 radical (unpaired) electrons. The third kappa shape index (κ3) is 4.60. The molecule has 29 heavy (non-hydrogen) atoms. The standard InChI is InChI=1S/C23H22N2O3S/c24-21(26)20(25-22(27)28)16-29-23(17-10-4-1-5-11-17,18-12-6-2-7-13-18)19-14-8-3-9-15-19/h1-15,20,25H,16H2,(H2,24,26)(H,27,28). The normalized spacial score (nSPS) is 12.1. The number of benzene rings is 3. The predicted molar refractivity (Wildman–Crippen MR) is 116 cm³/mol. The Morgan fingerprint density at radius 1 is 0.828 bits per heavy atom. The van der Waals surface area contributed by atoms with E-state index in [1.807, 2.05) is 91.0 Å². The fourth-order valence-electron chi connectivity index (χ4n) is 3.32. The first kappa shape index (κ1) is 20.5. The van der Waals surface area contributed by atoms with Crippen LogP contribution in [0.3, 0.4) is 0 Å². The van der Waals surface area contributed by atoms with Gasteiger partial charge in [0.15, 0.2) is 0 Å². The second-order valence-corrected chi connectivity index (χ2v) is 7.73. The highest BCUT2D eigenvalue weighted by atomic mass is 32.2. The fourth-order valence-corrected chi connectivity index (χ4v) is 4.89. The van der Waals surface area contributed by atoms with Gasteiger partial charge in [0.2, 0.25) is 5.91 Å². The highest BCUT2D eigenvalue weighted by Crippen LogP contribution is 2.48. The van der Waals surface area contributed by atoms with Crippen LogP contribution in [0.4, 0.5) is 4.79 Å². The SMILES string of the molecule is NC(=O)C(CSC(c1ccccc1)(c1ccccc1)c1ccccc1)NC(=O)O. The summed E-state index contributed by atoms with van der Waals surface area (Å²) in [6, 6.07) is 28.9. The largest absolute Gasteiger partial charge is 0.465 e. The zero-order valence-corrected chi connectivity index (χ0v) is 16.5. The monoisotopic (exact) mass is 406 g/mol. The number of hydrogen-bond donors (Lipinski definition) is 3. The lowest BCUT2D eigenvalue weighted by atomic mass is 9.84. The smallest absolute Gasteiger partial charge is 0.405 e. The number of amides is 2. The molecule has 4 N–H and O–H groups in total. The zero-order chi connectivity index (χ0) is 20.7. The summed E-state index contributed by atoms with van der Waals surface area (Å²) in [6.07, 6.45) is -1.28. The van der Waals surface area contributed by atoms with E-state index in [1.165, 1.54) is 11.8 Å². The van der Waals surface area contributed by atoms with Crippen molar-refractivity contribution in [2.45, 2.75) is 10.8 Å². The first-order chi connectivity index (χ1) is 14.0. The number of carbonyl (C=O) groups excluding carboxylic acids is 1. The number of thioether (sulfide) groups is 1. The average molecular weight is 407 g/mol. The molecule has 0 saturated heterocycles. The van der Waals surface area contributed by atoms with E-state index in [-0.39, 0.29) is 5.75 Å². The van der Waals surface area contributed by atoms with Crippen LogP contribution in [-0.4, -0.2) is 28.9 Å². The molecule has 0 aliphatic carbocycles. The third-order valence-corrected chi connectivity index (χ3v) is 6.29. The maximum Gasteiger partial charge on any atom is 0.405 e. The molecule has 2 amide bonds. The van der Waals surface area contributed by atoms with Gasteiger partial charge in [-0.05, 0) is 16.7 Å². The molecular weight excluding hydrogens is 384 g/mol. The summed E-state index contributed by atoms with van der Waals surface area (Å²) in [5, 5.41) is 11.3. The van der Waals surface area contributed by atoms with Crippen LogP contribution < -0.4 is 11.1 Å².